The summed E-state index contributed by atoms with van der Waals surface area (Å²) in [5, 5.41) is 0. The number of hydrogen-bond acceptors (Lipinski definition) is 2. The highest BCUT2D eigenvalue weighted by molar-refractivity contribution is 6.12. The fourth-order valence-corrected chi connectivity index (χ4v) is 0.260. The van der Waals surface area contributed by atoms with Gasteiger partial charge >= 0.3 is 0 Å². The van der Waals surface area contributed by atoms with Gasteiger partial charge in [-0.05, 0) is 6.42 Å². The molecule has 39 valence electrons. The van der Waals surface area contributed by atoms with Gasteiger partial charge in [-0.2, -0.15) is 0 Å². The number of isocyanates is 1. The van der Waals surface area contributed by atoms with Crippen LogP contribution in [0.2, 0.25) is 0 Å². The van der Waals surface area contributed by atoms with E-state index in [1.807, 2.05) is 0 Å². The summed E-state index contributed by atoms with van der Waals surface area (Å²) in [6, 6.07) is 0. The summed E-state index contributed by atoms with van der Waals surface area (Å²) in [6.45, 7) is 3.57. The molecule has 0 fully saturated rings. The molecule has 0 saturated heterocycles. The third-order valence-electron chi connectivity index (χ3n) is 0.691. The van der Waals surface area contributed by atoms with E-state index in [1.54, 1.807) is 0 Å². The molecule has 0 aliphatic carbocycles. The van der Waals surface area contributed by atoms with E-state index in [1.165, 1.54) is 6.08 Å². The lowest BCUT2D eigenvalue weighted by molar-refractivity contribution is 0.562. The van der Waals surface area contributed by atoms with Crippen LogP contribution < -0.4 is 0 Å². The summed E-state index contributed by atoms with van der Waals surface area (Å²) in [5.74, 6) is 0. The van der Waals surface area contributed by atoms with Gasteiger partial charge in [-0.1, -0.05) is 6.92 Å². The first-order chi connectivity index (χ1) is 3.31. The highest BCUT2D eigenvalue weighted by Crippen LogP contribution is 1.85. The van der Waals surface area contributed by atoms with Crippen molar-refractivity contribution in [3.63, 3.8) is 0 Å². The van der Waals surface area contributed by atoms with E-state index in [0.717, 1.165) is 16.7 Å². The standard InChI is InChI=1S/C4H8NOSi/c1-2-4(7)5-3-6/h4H,1-2H2,7H3. The molecule has 0 aliphatic rings. The van der Waals surface area contributed by atoms with Crippen LogP contribution in [0.15, 0.2) is 4.99 Å². The van der Waals surface area contributed by atoms with Crippen LogP contribution >= 0.6 is 0 Å². The van der Waals surface area contributed by atoms with E-state index in [9.17, 15) is 4.79 Å². The first-order valence-electron chi connectivity index (χ1n) is 2.17. The smallest absolute Gasteiger partial charge is 0.211 e. The molecule has 0 aromatic carbocycles. The lowest BCUT2D eigenvalue weighted by Gasteiger charge is -1.91. The number of aliphatic imine (C=N–C) groups is 1. The third-order valence-corrected chi connectivity index (χ3v) is 1.53. The Bertz CT molecular complexity index is 87.7. The van der Waals surface area contributed by atoms with Crippen LogP contribution in [0.3, 0.4) is 0 Å². The van der Waals surface area contributed by atoms with Crippen LogP contribution in [-0.2, 0) is 4.79 Å². The minimum atomic E-state index is 0.178. The first-order valence-corrected chi connectivity index (χ1v) is 3.33. The van der Waals surface area contributed by atoms with E-state index >= 15 is 0 Å². The van der Waals surface area contributed by atoms with Crippen molar-refractivity contribution < 1.29 is 4.79 Å². The Hall–Kier alpha value is -0.403. The van der Waals surface area contributed by atoms with E-state index in [0.29, 0.717) is 0 Å². The van der Waals surface area contributed by atoms with Crippen molar-refractivity contribution in [1.29, 1.82) is 0 Å². The molecule has 0 aromatic heterocycles. The molecule has 0 aliphatic heterocycles. The molecule has 1 unspecified atom stereocenters. The molecule has 0 aromatic rings. The number of rotatable bonds is 2. The fourth-order valence-electron chi connectivity index (χ4n) is 0.155. The van der Waals surface area contributed by atoms with Crippen molar-refractivity contribution in [2.24, 2.45) is 4.99 Å². The van der Waals surface area contributed by atoms with E-state index in [2.05, 4.69) is 11.9 Å². The Morgan fingerprint density at radius 2 is 2.57 bits per heavy atom. The Kier molecular flexibility index (Phi) is 3.56. The summed E-state index contributed by atoms with van der Waals surface area (Å²) >= 11 is 0. The number of hydrogen-bond donors (Lipinski definition) is 0. The molecule has 3 heteroatoms. The van der Waals surface area contributed by atoms with Gasteiger partial charge in [0, 0.05) is 15.9 Å². The molecule has 0 rings (SSSR count). The van der Waals surface area contributed by atoms with Crippen LogP contribution in [0.25, 0.3) is 0 Å². The quantitative estimate of drug-likeness (QED) is 0.263. The average Bonchev–Trinajstić information content (AvgIpc) is 1.68. The molecule has 0 amide bonds. The molecule has 0 N–H and O–H groups in total. The predicted octanol–water partition coefficient (Wildman–Crippen LogP) is -0.762. The summed E-state index contributed by atoms with van der Waals surface area (Å²) in [5.41, 5.74) is 0.178. The Morgan fingerprint density at radius 1 is 2.00 bits per heavy atom. The molecular formula is C4H8NOSi. The van der Waals surface area contributed by atoms with Crippen molar-refractivity contribution in [3.8, 4) is 0 Å². The van der Waals surface area contributed by atoms with E-state index in [-0.39, 0.29) is 5.67 Å². The highest BCUT2D eigenvalue weighted by Gasteiger charge is 1.88. The predicted molar refractivity (Wildman–Crippen MR) is 31.8 cm³/mol. The maximum atomic E-state index is 9.48. The fraction of sp³-hybridized carbons (Fsp3) is 0.500. The summed E-state index contributed by atoms with van der Waals surface area (Å²) < 4.78 is 0. The van der Waals surface area contributed by atoms with Crippen molar-refractivity contribution in [2.75, 3.05) is 0 Å². The van der Waals surface area contributed by atoms with Crippen LogP contribution in [0.5, 0.6) is 0 Å². The minimum Gasteiger partial charge on any atom is -0.211 e. The van der Waals surface area contributed by atoms with Gasteiger partial charge in [0.25, 0.3) is 0 Å². The van der Waals surface area contributed by atoms with Crippen LogP contribution in [0, 0.1) is 6.92 Å². The second-order valence-electron chi connectivity index (χ2n) is 1.36. The number of carbonyl (C=O) groups excluding carboxylic acids is 1. The zero-order valence-electron chi connectivity index (χ0n) is 4.35. The molecule has 1 atom stereocenters. The van der Waals surface area contributed by atoms with Crippen LogP contribution in [0.1, 0.15) is 6.42 Å². The maximum Gasteiger partial charge on any atom is 0.234 e. The molecule has 0 saturated carbocycles. The van der Waals surface area contributed by atoms with Gasteiger partial charge in [0.05, 0.1) is 0 Å². The Balaban J connectivity index is 3.35. The number of nitrogens with zero attached hydrogens (tertiary/aromatic N) is 1. The van der Waals surface area contributed by atoms with E-state index in [4.69, 9.17) is 0 Å². The van der Waals surface area contributed by atoms with Crippen molar-refractivity contribution in [1.82, 2.24) is 0 Å². The van der Waals surface area contributed by atoms with Gasteiger partial charge in [-0.15, -0.1) is 0 Å². The lowest BCUT2D eigenvalue weighted by Crippen LogP contribution is -1.98. The van der Waals surface area contributed by atoms with Crippen molar-refractivity contribution >= 4 is 16.3 Å². The SMILES string of the molecule is [CH2]CC([SiH3])N=C=O. The molecule has 2 nitrogen and oxygen atoms in total. The second-order valence-corrected chi connectivity index (χ2v) is 2.69. The topological polar surface area (TPSA) is 29.4 Å². The van der Waals surface area contributed by atoms with Gasteiger partial charge in [-0.3, -0.25) is 0 Å². The summed E-state index contributed by atoms with van der Waals surface area (Å²) in [6.07, 6.45) is 2.21. The maximum absolute atomic E-state index is 9.48. The van der Waals surface area contributed by atoms with Gasteiger partial charge in [0.15, 0.2) is 0 Å². The van der Waals surface area contributed by atoms with Crippen LogP contribution in [0.4, 0.5) is 0 Å². The zero-order chi connectivity index (χ0) is 5.70. The zero-order valence-corrected chi connectivity index (χ0v) is 6.35. The molecule has 7 heavy (non-hydrogen) atoms. The monoisotopic (exact) mass is 114 g/mol. The first kappa shape index (κ1) is 6.60. The molecule has 0 spiro atoms. The molecule has 1 radical (unpaired) electrons. The second kappa shape index (κ2) is 3.78. The Labute approximate surface area is 46.1 Å². The minimum absolute atomic E-state index is 0.178. The van der Waals surface area contributed by atoms with Crippen molar-refractivity contribution in [3.05, 3.63) is 6.92 Å². The van der Waals surface area contributed by atoms with Crippen molar-refractivity contribution in [2.45, 2.75) is 12.1 Å². The van der Waals surface area contributed by atoms with Gasteiger partial charge in [-0.25, -0.2) is 9.79 Å². The average molecular weight is 114 g/mol. The van der Waals surface area contributed by atoms with E-state index < -0.39 is 0 Å². The molecule has 0 heterocycles. The van der Waals surface area contributed by atoms with Gasteiger partial charge in [0.1, 0.15) is 0 Å². The van der Waals surface area contributed by atoms with Gasteiger partial charge < -0.3 is 0 Å². The normalized spacial score (nSPS) is 12.7. The molecular weight excluding hydrogens is 106 g/mol. The van der Waals surface area contributed by atoms with Crippen LogP contribution in [-0.4, -0.2) is 22.0 Å². The lowest BCUT2D eigenvalue weighted by atomic mass is 10.5. The Morgan fingerprint density at radius 3 is 2.71 bits per heavy atom. The summed E-state index contributed by atoms with van der Waals surface area (Å²) in [7, 11) is 0.908. The highest BCUT2D eigenvalue weighted by atomic mass is 28.1. The molecule has 0 bridgehead atoms. The largest absolute Gasteiger partial charge is 0.234 e. The summed E-state index contributed by atoms with van der Waals surface area (Å²) in [4.78, 5) is 12.9. The third kappa shape index (κ3) is 3.43. The van der Waals surface area contributed by atoms with Gasteiger partial charge in [0.2, 0.25) is 6.08 Å².